The smallest absolute Gasteiger partial charge is 0.132 e. The number of hydrogen-bond acceptors (Lipinski definition) is 3. The quantitative estimate of drug-likeness (QED) is 0.714. The van der Waals surface area contributed by atoms with E-state index in [0.717, 1.165) is 10.4 Å². The van der Waals surface area contributed by atoms with E-state index in [9.17, 15) is 0 Å². The maximum Gasteiger partial charge on any atom is 0.132 e. The molecule has 1 saturated carbocycles. The van der Waals surface area contributed by atoms with Gasteiger partial charge in [-0.1, -0.05) is 0 Å². The first-order valence-electron chi connectivity index (χ1n) is 4.23. The van der Waals surface area contributed by atoms with Crippen molar-refractivity contribution in [2.75, 3.05) is 0 Å². The van der Waals surface area contributed by atoms with E-state index in [0.29, 0.717) is 5.92 Å². The summed E-state index contributed by atoms with van der Waals surface area (Å²) in [6.07, 6.45) is 7.42. The van der Waals surface area contributed by atoms with E-state index in [1.807, 2.05) is 6.08 Å². The van der Waals surface area contributed by atoms with Gasteiger partial charge in [-0.2, -0.15) is 0 Å². The molecule has 2 rings (SSSR count). The van der Waals surface area contributed by atoms with Crippen LogP contribution in [-0.4, -0.2) is 10.8 Å². The summed E-state index contributed by atoms with van der Waals surface area (Å²) in [5.74, 6) is 1.42. The third-order valence-corrected chi connectivity index (χ3v) is 2.44. The third-order valence-electron chi connectivity index (χ3n) is 2.03. The molecule has 2 aliphatic rings. The Morgan fingerprint density at radius 3 is 3.00 bits per heavy atom. The first-order chi connectivity index (χ1) is 6.29. The Morgan fingerprint density at radius 1 is 1.62 bits per heavy atom. The summed E-state index contributed by atoms with van der Waals surface area (Å²) >= 11 is 3.35. The molecule has 0 aromatic heterocycles. The van der Waals surface area contributed by atoms with Crippen molar-refractivity contribution in [3.8, 4) is 0 Å². The second-order valence-corrected chi connectivity index (χ2v) is 3.96. The summed E-state index contributed by atoms with van der Waals surface area (Å²) in [5.41, 5.74) is 1.22. The Balaban J connectivity index is 2.19. The van der Waals surface area contributed by atoms with Gasteiger partial charge in [0.2, 0.25) is 0 Å². The number of nitrogens with one attached hydrogen (secondary N) is 2. The lowest BCUT2D eigenvalue weighted by Gasteiger charge is -2.14. The number of aliphatic imine (C=N–C) groups is 1. The summed E-state index contributed by atoms with van der Waals surface area (Å²) in [5, 5.41) is 10.1. The van der Waals surface area contributed by atoms with Crippen LogP contribution < -0.4 is 5.32 Å². The van der Waals surface area contributed by atoms with Gasteiger partial charge in [0.25, 0.3) is 0 Å². The maximum atomic E-state index is 6.95. The van der Waals surface area contributed by atoms with Crippen molar-refractivity contribution >= 4 is 26.8 Å². The zero-order valence-electron chi connectivity index (χ0n) is 7.05. The predicted molar refractivity (Wildman–Crippen MR) is 57.2 cm³/mol. The normalized spacial score (nSPS) is 24.8. The molecule has 0 aromatic carbocycles. The van der Waals surface area contributed by atoms with Crippen molar-refractivity contribution in [3.63, 3.8) is 0 Å². The van der Waals surface area contributed by atoms with Crippen LogP contribution in [0.15, 0.2) is 28.7 Å². The summed E-state index contributed by atoms with van der Waals surface area (Å²) in [7, 11) is 0. The minimum atomic E-state index is 0.678. The number of hydrogen-bond donors (Lipinski definition) is 2. The monoisotopic (exact) mass is 239 g/mol. The van der Waals surface area contributed by atoms with Crippen molar-refractivity contribution in [3.05, 3.63) is 23.7 Å². The molecule has 0 amide bonds. The molecular formula is C9H10BrN3. The van der Waals surface area contributed by atoms with E-state index in [1.165, 1.54) is 24.8 Å². The fourth-order valence-corrected chi connectivity index (χ4v) is 1.70. The van der Waals surface area contributed by atoms with Crippen molar-refractivity contribution in [1.82, 2.24) is 5.32 Å². The molecule has 0 saturated heterocycles. The molecular weight excluding hydrogens is 230 g/mol. The van der Waals surface area contributed by atoms with E-state index < -0.39 is 0 Å². The molecule has 13 heavy (non-hydrogen) atoms. The van der Waals surface area contributed by atoms with E-state index in [-0.39, 0.29) is 0 Å². The molecule has 0 spiro atoms. The SMILES string of the molecule is N=C/C=C1/N=C(Br)C=C(C2CC2)N1. The second-order valence-electron chi connectivity index (χ2n) is 3.15. The van der Waals surface area contributed by atoms with Crippen molar-refractivity contribution in [1.29, 1.82) is 5.41 Å². The summed E-state index contributed by atoms with van der Waals surface area (Å²) in [6, 6.07) is 0. The number of allylic oxidation sites excluding steroid dienone is 3. The van der Waals surface area contributed by atoms with Gasteiger partial charge >= 0.3 is 0 Å². The first-order valence-corrected chi connectivity index (χ1v) is 5.02. The minimum Gasteiger partial charge on any atom is -0.343 e. The van der Waals surface area contributed by atoms with Gasteiger partial charge in [-0.05, 0) is 46.8 Å². The van der Waals surface area contributed by atoms with E-state index >= 15 is 0 Å². The van der Waals surface area contributed by atoms with Crippen LogP contribution in [0, 0.1) is 11.3 Å². The minimum absolute atomic E-state index is 0.678. The average Bonchev–Trinajstić information content (AvgIpc) is 2.85. The number of rotatable bonds is 2. The fourth-order valence-electron chi connectivity index (χ4n) is 1.26. The van der Waals surface area contributed by atoms with E-state index in [4.69, 9.17) is 5.41 Å². The molecule has 4 heteroatoms. The maximum absolute atomic E-state index is 6.95. The van der Waals surface area contributed by atoms with Gasteiger partial charge in [-0.25, -0.2) is 4.99 Å². The van der Waals surface area contributed by atoms with Crippen molar-refractivity contribution in [2.45, 2.75) is 12.8 Å². The molecule has 3 nitrogen and oxygen atoms in total. The highest BCUT2D eigenvalue weighted by molar-refractivity contribution is 9.18. The molecule has 1 fully saturated rings. The number of nitrogens with zero attached hydrogens (tertiary/aromatic N) is 1. The summed E-state index contributed by atoms with van der Waals surface area (Å²) in [6.45, 7) is 0. The molecule has 1 aliphatic carbocycles. The van der Waals surface area contributed by atoms with Crippen LogP contribution in [0.1, 0.15) is 12.8 Å². The van der Waals surface area contributed by atoms with Gasteiger partial charge in [0.05, 0.1) is 0 Å². The third kappa shape index (κ3) is 2.06. The van der Waals surface area contributed by atoms with Crippen LogP contribution in [0.4, 0.5) is 0 Å². The largest absolute Gasteiger partial charge is 0.343 e. The summed E-state index contributed by atoms with van der Waals surface area (Å²) < 4.78 is 0.834. The Morgan fingerprint density at radius 2 is 2.38 bits per heavy atom. The highest BCUT2D eigenvalue weighted by Crippen LogP contribution is 2.36. The molecule has 1 aliphatic heterocycles. The highest BCUT2D eigenvalue weighted by atomic mass is 79.9. The molecule has 0 aromatic rings. The van der Waals surface area contributed by atoms with E-state index in [1.54, 1.807) is 6.08 Å². The topological polar surface area (TPSA) is 48.2 Å². The van der Waals surface area contributed by atoms with E-state index in [2.05, 4.69) is 26.2 Å². The molecule has 2 N–H and O–H groups in total. The van der Waals surface area contributed by atoms with Crippen LogP contribution >= 0.6 is 15.9 Å². The van der Waals surface area contributed by atoms with Crippen LogP contribution in [0.25, 0.3) is 0 Å². The zero-order chi connectivity index (χ0) is 9.26. The molecule has 0 atom stereocenters. The van der Waals surface area contributed by atoms with Gasteiger partial charge in [0.1, 0.15) is 10.4 Å². The predicted octanol–water partition coefficient (Wildman–Crippen LogP) is 2.17. The Labute approximate surface area is 85.3 Å². The molecule has 68 valence electrons. The number of halogens is 1. The van der Waals surface area contributed by atoms with Crippen molar-refractivity contribution < 1.29 is 0 Å². The van der Waals surface area contributed by atoms with Gasteiger partial charge in [-0.15, -0.1) is 0 Å². The lowest BCUT2D eigenvalue weighted by Crippen LogP contribution is -2.18. The lowest BCUT2D eigenvalue weighted by molar-refractivity contribution is 0.828. The Kier molecular flexibility index (Phi) is 2.31. The zero-order valence-corrected chi connectivity index (χ0v) is 8.63. The molecule has 0 radical (unpaired) electrons. The Bertz CT molecular complexity index is 324. The summed E-state index contributed by atoms with van der Waals surface area (Å²) in [4.78, 5) is 4.19. The van der Waals surface area contributed by atoms with Gasteiger partial charge in [0, 0.05) is 11.9 Å². The fraction of sp³-hybridized carbons (Fsp3) is 0.333. The van der Waals surface area contributed by atoms with Gasteiger partial charge < -0.3 is 10.7 Å². The highest BCUT2D eigenvalue weighted by Gasteiger charge is 2.27. The lowest BCUT2D eigenvalue weighted by atomic mass is 10.2. The van der Waals surface area contributed by atoms with Gasteiger partial charge in [-0.3, -0.25) is 0 Å². The van der Waals surface area contributed by atoms with Crippen molar-refractivity contribution in [2.24, 2.45) is 10.9 Å². The first kappa shape index (κ1) is 8.69. The second kappa shape index (κ2) is 3.46. The Hall–Kier alpha value is -0.900. The van der Waals surface area contributed by atoms with Crippen LogP contribution in [0.2, 0.25) is 0 Å². The molecule has 0 bridgehead atoms. The van der Waals surface area contributed by atoms with Crippen LogP contribution in [-0.2, 0) is 0 Å². The van der Waals surface area contributed by atoms with Gasteiger partial charge in [0.15, 0.2) is 0 Å². The van der Waals surface area contributed by atoms with Crippen LogP contribution in [0.3, 0.4) is 0 Å². The molecule has 1 heterocycles. The average molecular weight is 240 g/mol. The molecule has 0 unspecified atom stereocenters. The standard InChI is InChI=1S/C9H10BrN3/c10-8-5-7(6-1-2-6)12-9(13-8)3-4-11/h3-6,11-12H,1-2H2/b9-3+,11-4?. The van der Waals surface area contributed by atoms with Crippen LogP contribution in [0.5, 0.6) is 0 Å².